The molecular weight excluding hydrogens is 898 g/mol. The van der Waals surface area contributed by atoms with E-state index in [2.05, 4.69) is 91.3 Å². The van der Waals surface area contributed by atoms with Crippen LogP contribution in [-0.2, 0) is 37.5 Å². The molecule has 0 bridgehead atoms. The highest BCUT2D eigenvalue weighted by Crippen LogP contribution is 2.43. The van der Waals surface area contributed by atoms with E-state index in [1.165, 1.54) is 31.0 Å². The van der Waals surface area contributed by atoms with Crippen LogP contribution in [0.1, 0.15) is 129 Å². The fourth-order valence-corrected chi connectivity index (χ4v) is 7.55. The number of phosphoric ester groups is 1. The summed E-state index contributed by atoms with van der Waals surface area (Å²) in [6.45, 7) is 1.60. The summed E-state index contributed by atoms with van der Waals surface area (Å²) in [5.41, 5.74) is 6.16. The first kappa shape index (κ1) is 63.4. The molecule has 0 radical (unpaired) electrons. The van der Waals surface area contributed by atoms with Gasteiger partial charge in [-0.1, -0.05) is 142 Å². The fraction of sp³-hybridized carbons (Fsp3) is 0.588. The Balaban J connectivity index is 5.18. The number of nitrogens with two attached hydrogens (primary N) is 1. The number of hydrogen-bond donors (Lipinski definition) is 6. The molecule has 0 saturated heterocycles. The van der Waals surface area contributed by atoms with Crippen molar-refractivity contribution in [2.24, 2.45) is 5.73 Å². The topological polar surface area (TPSA) is 232 Å². The van der Waals surface area contributed by atoms with Crippen molar-refractivity contribution in [3.63, 3.8) is 0 Å². The van der Waals surface area contributed by atoms with Crippen LogP contribution in [-0.4, -0.2) is 105 Å². The molecule has 1 unspecified atom stereocenters. The summed E-state index contributed by atoms with van der Waals surface area (Å²) in [6, 6.07) is -1.19. The van der Waals surface area contributed by atoms with Gasteiger partial charge in [0.05, 0.1) is 25.9 Å². The highest BCUT2D eigenvalue weighted by molar-refractivity contribution is 8.00. The predicted octanol–water partition coefficient (Wildman–Crippen LogP) is 9.87. The molecule has 0 aromatic carbocycles. The van der Waals surface area contributed by atoms with Crippen LogP contribution in [0.3, 0.4) is 0 Å². The third-order valence-corrected chi connectivity index (χ3v) is 11.8. The number of carboxylic acid groups (broad SMARTS) is 1. The lowest BCUT2D eigenvalue weighted by Crippen LogP contribution is -2.38. The maximum absolute atomic E-state index is 13.0. The molecule has 0 rings (SSSR count). The van der Waals surface area contributed by atoms with Gasteiger partial charge in [0.15, 0.2) is 6.10 Å². The number of allylic oxidation sites excluding steroid dienone is 17. The highest BCUT2D eigenvalue weighted by atomic mass is 32.2. The van der Waals surface area contributed by atoms with E-state index < -0.39 is 81.8 Å². The van der Waals surface area contributed by atoms with Gasteiger partial charge in [-0.25, -0.2) is 4.57 Å². The van der Waals surface area contributed by atoms with Gasteiger partial charge in [-0.15, -0.1) is 11.8 Å². The van der Waals surface area contributed by atoms with E-state index in [0.717, 1.165) is 64.2 Å². The van der Waals surface area contributed by atoms with Crippen molar-refractivity contribution in [2.75, 3.05) is 32.2 Å². The fourth-order valence-electron chi connectivity index (χ4n) is 5.64. The first-order valence-electron chi connectivity index (χ1n) is 23.8. The largest absolute Gasteiger partial charge is 0.481 e. The molecule has 0 spiro atoms. The van der Waals surface area contributed by atoms with Gasteiger partial charge in [-0.3, -0.25) is 23.4 Å². The van der Waals surface area contributed by atoms with Gasteiger partial charge in [0.2, 0.25) is 0 Å². The molecule has 0 aliphatic carbocycles. The maximum atomic E-state index is 13.0. The van der Waals surface area contributed by atoms with Gasteiger partial charge in [-0.05, 0) is 83.5 Å². The van der Waals surface area contributed by atoms with Crippen LogP contribution in [0.5, 0.6) is 0 Å². The van der Waals surface area contributed by atoms with Gasteiger partial charge in [0.25, 0.3) is 0 Å². The SMILES string of the molecule is CC/C=C\C/C=C\C/C=C\C/C=C\C/C=C\CCCCCC(=O)O[C@H](COC(=O)[C@@H](N)CS[C@H](/C=C/C=C/C=C\C/C=C\CCCCC)[C@@H](O)CCCC(=O)O)COP(=O)(O)OC[C@@H](O)CO. The van der Waals surface area contributed by atoms with Crippen LogP contribution >= 0.6 is 19.6 Å². The number of unbranched alkanes of at least 4 members (excludes halogenated alkanes) is 6. The van der Waals surface area contributed by atoms with Crippen molar-refractivity contribution in [3.8, 4) is 0 Å². The first-order chi connectivity index (χ1) is 32.3. The van der Waals surface area contributed by atoms with Gasteiger partial charge >= 0.3 is 25.7 Å². The average molecular weight is 980 g/mol. The molecule has 0 saturated carbocycles. The average Bonchev–Trinajstić information content (AvgIpc) is 3.30. The lowest BCUT2D eigenvalue weighted by Gasteiger charge is -2.22. The Kier molecular flexibility index (Phi) is 42.4. The summed E-state index contributed by atoms with van der Waals surface area (Å²) >= 11 is 1.18. The molecule has 0 aromatic rings. The number of carboxylic acids is 1. The molecule has 380 valence electrons. The molecule has 0 fully saturated rings. The lowest BCUT2D eigenvalue weighted by atomic mass is 10.1. The third-order valence-electron chi connectivity index (χ3n) is 9.41. The van der Waals surface area contributed by atoms with E-state index >= 15 is 0 Å². The minimum Gasteiger partial charge on any atom is -0.481 e. The standard InChI is InChI=1S/C51H82NO13PS/c1-3-5-7-9-11-13-15-17-18-19-20-21-22-23-25-27-29-31-33-38-50(58)65-45(42-64-66(60,61)63-40-44(54)39-53)41-62-51(59)46(52)43-67-48(47(55)35-34-37-49(56)57)36-32-30-28-26-24-16-14-12-10-8-6-4-2/h5,7,11-14,17-18,20-21,23-26,28,30,32,36,44-48,53-55H,3-4,6,8-10,15-16,19,22,27,29,31,33-35,37-43,52H2,1-2H3,(H,56,57)(H,60,61)/b7-5-,13-11-,14-12-,18-17-,21-20-,25-23-,26-24-,30-28+,36-32+/t44-,45+,46-,47-,48+/m0/s1. The Labute approximate surface area is 405 Å². The van der Waals surface area contributed by atoms with Crippen molar-refractivity contribution >= 4 is 37.5 Å². The molecular formula is C51H82NO13PS. The van der Waals surface area contributed by atoms with Crippen molar-refractivity contribution in [1.29, 1.82) is 0 Å². The maximum Gasteiger partial charge on any atom is 0.472 e. The normalized spacial score (nSPS) is 15.9. The van der Waals surface area contributed by atoms with Crippen molar-refractivity contribution < 1.29 is 62.8 Å². The van der Waals surface area contributed by atoms with E-state index in [4.69, 9.17) is 29.9 Å². The van der Waals surface area contributed by atoms with Gasteiger partial charge in [0.1, 0.15) is 18.8 Å². The Hall–Kier alpha value is -3.63. The molecule has 7 N–H and O–H groups in total. The molecule has 0 aromatic heterocycles. The van der Waals surface area contributed by atoms with Crippen LogP contribution in [0.4, 0.5) is 0 Å². The highest BCUT2D eigenvalue weighted by Gasteiger charge is 2.28. The number of thioether (sulfide) groups is 1. The van der Waals surface area contributed by atoms with Crippen molar-refractivity contribution in [1.82, 2.24) is 0 Å². The summed E-state index contributed by atoms with van der Waals surface area (Å²) in [5, 5.41) is 37.9. The summed E-state index contributed by atoms with van der Waals surface area (Å²) in [5.74, 6) is -2.48. The van der Waals surface area contributed by atoms with Gasteiger partial charge in [-0.2, -0.15) is 0 Å². The predicted molar refractivity (Wildman–Crippen MR) is 270 cm³/mol. The Bertz CT molecular complexity index is 1610. The number of esters is 2. The number of phosphoric acid groups is 1. The van der Waals surface area contributed by atoms with Crippen LogP contribution in [0.25, 0.3) is 0 Å². The van der Waals surface area contributed by atoms with Crippen LogP contribution in [0, 0.1) is 0 Å². The molecule has 0 aliphatic rings. The van der Waals surface area contributed by atoms with Crippen LogP contribution in [0.2, 0.25) is 0 Å². The molecule has 67 heavy (non-hydrogen) atoms. The summed E-state index contributed by atoms with van der Waals surface area (Å²) in [6.07, 6.45) is 46.6. The quantitative estimate of drug-likeness (QED) is 0.0110. The van der Waals surface area contributed by atoms with E-state index in [-0.39, 0.29) is 31.4 Å². The molecule has 0 amide bonds. The second-order valence-electron chi connectivity index (χ2n) is 15.6. The summed E-state index contributed by atoms with van der Waals surface area (Å²) in [7, 11) is -4.77. The van der Waals surface area contributed by atoms with Crippen molar-refractivity contribution in [3.05, 3.63) is 109 Å². The van der Waals surface area contributed by atoms with E-state index in [1.807, 2.05) is 18.2 Å². The summed E-state index contributed by atoms with van der Waals surface area (Å²) < 4.78 is 32.9. The van der Waals surface area contributed by atoms with Gasteiger partial charge < -0.3 is 40.5 Å². The lowest BCUT2D eigenvalue weighted by molar-refractivity contribution is -0.161. The minimum atomic E-state index is -4.77. The van der Waals surface area contributed by atoms with Gasteiger partial charge in [0, 0.05) is 23.8 Å². The minimum absolute atomic E-state index is 0.00544. The smallest absolute Gasteiger partial charge is 0.472 e. The third kappa shape index (κ3) is 42.2. The number of carbonyl (C=O) groups excluding carboxylic acids is 2. The Morgan fingerprint density at radius 3 is 1.84 bits per heavy atom. The first-order valence-corrected chi connectivity index (χ1v) is 26.3. The monoisotopic (exact) mass is 980 g/mol. The zero-order valence-corrected chi connectivity index (χ0v) is 41.7. The molecule has 14 nitrogen and oxygen atoms in total. The van der Waals surface area contributed by atoms with Crippen LogP contribution in [0.15, 0.2) is 109 Å². The Morgan fingerprint density at radius 2 is 1.24 bits per heavy atom. The van der Waals surface area contributed by atoms with Crippen LogP contribution < -0.4 is 5.73 Å². The number of aliphatic hydroxyl groups excluding tert-OH is 3. The Morgan fingerprint density at radius 1 is 0.672 bits per heavy atom. The molecule has 16 heteroatoms. The number of ether oxygens (including phenoxy) is 2. The number of hydrogen-bond acceptors (Lipinski definition) is 13. The van der Waals surface area contributed by atoms with E-state index in [9.17, 15) is 34.1 Å². The number of aliphatic carboxylic acids is 1. The molecule has 0 aliphatic heterocycles. The summed E-state index contributed by atoms with van der Waals surface area (Å²) in [4.78, 5) is 46.9. The second-order valence-corrected chi connectivity index (χ2v) is 18.3. The van der Waals surface area contributed by atoms with Crippen molar-refractivity contribution in [2.45, 2.75) is 159 Å². The number of aliphatic hydroxyl groups is 3. The number of carbonyl (C=O) groups is 3. The molecule has 0 heterocycles. The number of rotatable bonds is 43. The zero-order chi connectivity index (χ0) is 49.6. The van der Waals surface area contributed by atoms with E-state index in [1.54, 1.807) is 18.2 Å². The molecule has 6 atom stereocenters. The van der Waals surface area contributed by atoms with E-state index in [0.29, 0.717) is 6.42 Å². The second kappa shape index (κ2) is 44.9. The zero-order valence-electron chi connectivity index (χ0n) is 40.0.